The molecule has 0 aliphatic carbocycles. The first-order valence-electron chi connectivity index (χ1n) is 9.19. The molecule has 0 saturated carbocycles. The van der Waals surface area contributed by atoms with Crippen LogP contribution in [-0.2, 0) is 0 Å². The standard InChI is InChI=1S/C20H20F2N4OS/c21-14-4-3-5-15(22)18(14)25-19(27)23-12-13-8-10-26(11-9-13)20-24-16-6-1-2-7-17(16)28-20/h1-7,13H,8-12H2,(H2,23,25,27). The van der Waals surface area contributed by atoms with Gasteiger partial charge >= 0.3 is 6.03 Å². The molecule has 1 aliphatic heterocycles. The lowest BCUT2D eigenvalue weighted by Crippen LogP contribution is -2.40. The van der Waals surface area contributed by atoms with Crippen LogP contribution in [0.25, 0.3) is 10.2 Å². The number of rotatable bonds is 4. The van der Waals surface area contributed by atoms with Gasteiger partial charge in [-0.1, -0.05) is 29.5 Å². The van der Waals surface area contributed by atoms with E-state index in [0.29, 0.717) is 12.5 Å². The summed E-state index contributed by atoms with van der Waals surface area (Å²) in [6.45, 7) is 2.21. The van der Waals surface area contributed by atoms with Gasteiger partial charge in [-0.3, -0.25) is 0 Å². The van der Waals surface area contributed by atoms with E-state index in [4.69, 9.17) is 4.98 Å². The fraction of sp³-hybridized carbons (Fsp3) is 0.300. The van der Waals surface area contributed by atoms with Gasteiger partial charge in [0.25, 0.3) is 0 Å². The summed E-state index contributed by atoms with van der Waals surface area (Å²) in [6.07, 6.45) is 1.84. The number of carbonyl (C=O) groups excluding carboxylic acids is 1. The summed E-state index contributed by atoms with van der Waals surface area (Å²) < 4.78 is 28.4. The molecule has 1 aromatic heterocycles. The summed E-state index contributed by atoms with van der Waals surface area (Å²) in [5, 5.41) is 5.99. The molecule has 28 heavy (non-hydrogen) atoms. The van der Waals surface area contributed by atoms with Crippen LogP contribution in [-0.4, -0.2) is 30.6 Å². The quantitative estimate of drug-likeness (QED) is 0.670. The first kappa shape index (κ1) is 18.6. The number of nitrogens with one attached hydrogen (secondary N) is 2. The predicted molar refractivity (Wildman–Crippen MR) is 108 cm³/mol. The van der Waals surface area contributed by atoms with Gasteiger partial charge < -0.3 is 15.5 Å². The molecular weight excluding hydrogens is 382 g/mol. The van der Waals surface area contributed by atoms with Gasteiger partial charge in [0.1, 0.15) is 17.3 Å². The molecule has 1 saturated heterocycles. The Morgan fingerprint density at radius 1 is 1.11 bits per heavy atom. The van der Waals surface area contributed by atoms with E-state index >= 15 is 0 Å². The minimum absolute atomic E-state index is 0.321. The van der Waals surface area contributed by atoms with Crippen molar-refractivity contribution in [1.29, 1.82) is 0 Å². The number of hydrogen-bond donors (Lipinski definition) is 2. The van der Waals surface area contributed by atoms with Crippen LogP contribution >= 0.6 is 11.3 Å². The first-order chi connectivity index (χ1) is 13.6. The number of amides is 2. The molecule has 4 rings (SSSR count). The third-order valence-corrected chi connectivity index (χ3v) is 6.02. The number of hydrogen-bond acceptors (Lipinski definition) is 4. The molecule has 8 heteroatoms. The molecule has 0 bridgehead atoms. The molecule has 2 N–H and O–H groups in total. The Morgan fingerprint density at radius 3 is 2.54 bits per heavy atom. The van der Waals surface area contributed by atoms with Gasteiger partial charge in [-0.15, -0.1) is 0 Å². The third kappa shape index (κ3) is 4.06. The Hall–Kier alpha value is -2.74. The summed E-state index contributed by atoms with van der Waals surface area (Å²) in [5.41, 5.74) is 0.592. The molecule has 146 valence electrons. The topological polar surface area (TPSA) is 57.3 Å². The van der Waals surface area contributed by atoms with Crippen LogP contribution < -0.4 is 15.5 Å². The Labute approximate surface area is 165 Å². The zero-order chi connectivity index (χ0) is 19.5. The van der Waals surface area contributed by atoms with E-state index in [1.54, 1.807) is 11.3 Å². The number of piperidine rings is 1. The van der Waals surface area contributed by atoms with Crippen LogP contribution in [0, 0.1) is 17.6 Å². The van der Waals surface area contributed by atoms with Crippen molar-refractivity contribution in [2.24, 2.45) is 5.92 Å². The van der Waals surface area contributed by atoms with Gasteiger partial charge in [-0.05, 0) is 43.0 Å². The van der Waals surface area contributed by atoms with Gasteiger partial charge in [0.15, 0.2) is 5.13 Å². The molecule has 2 aromatic carbocycles. The summed E-state index contributed by atoms with van der Waals surface area (Å²) in [6, 6.07) is 11.0. The van der Waals surface area contributed by atoms with Crippen molar-refractivity contribution in [3.05, 3.63) is 54.1 Å². The number of benzene rings is 2. The number of carbonyl (C=O) groups is 1. The SMILES string of the molecule is O=C(NCC1CCN(c2nc3ccccc3s2)CC1)Nc1c(F)cccc1F. The maximum atomic E-state index is 13.6. The van der Waals surface area contributed by atoms with E-state index in [9.17, 15) is 13.6 Å². The number of fused-ring (bicyclic) bond motifs is 1. The van der Waals surface area contributed by atoms with Crippen LogP contribution in [0.3, 0.4) is 0 Å². The third-order valence-electron chi connectivity index (χ3n) is 4.92. The highest BCUT2D eigenvalue weighted by atomic mass is 32.1. The second-order valence-electron chi connectivity index (χ2n) is 6.83. The smallest absolute Gasteiger partial charge is 0.319 e. The minimum atomic E-state index is -0.792. The summed E-state index contributed by atoms with van der Waals surface area (Å²) in [7, 11) is 0. The number of aromatic nitrogens is 1. The molecule has 2 amide bonds. The summed E-state index contributed by atoms with van der Waals surface area (Å²) in [5.74, 6) is -1.26. The van der Waals surface area contributed by atoms with Gasteiger partial charge in [0, 0.05) is 19.6 Å². The summed E-state index contributed by atoms with van der Waals surface area (Å²) >= 11 is 1.69. The van der Waals surface area contributed by atoms with E-state index in [2.05, 4.69) is 21.6 Å². The lowest BCUT2D eigenvalue weighted by molar-refractivity contribution is 0.248. The Bertz CT molecular complexity index is 932. The molecule has 5 nitrogen and oxygen atoms in total. The fourth-order valence-corrected chi connectivity index (χ4v) is 4.35. The second-order valence-corrected chi connectivity index (χ2v) is 7.84. The zero-order valence-electron chi connectivity index (χ0n) is 15.1. The molecular formula is C20H20F2N4OS. The highest BCUT2D eigenvalue weighted by molar-refractivity contribution is 7.22. The zero-order valence-corrected chi connectivity index (χ0v) is 15.9. The highest BCUT2D eigenvalue weighted by Gasteiger charge is 2.22. The van der Waals surface area contributed by atoms with Crippen LogP contribution in [0.4, 0.5) is 24.4 Å². The molecule has 2 heterocycles. The van der Waals surface area contributed by atoms with Gasteiger partial charge in [-0.2, -0.15) is 0 Å². The average Bonchev–Trinajstić information content (AvgIpc) is 3.14. The highest BCUT2D eigenvalue weighted by Crippen LogP contribution is 2.31. The van der Waals surface area contributed by atoms with E-state index in [-0.39, 0.29) is 0 Å². The van der Waals surface area contributed by atoms with E-state index < -0.39 is 23.4 Å². The van der Waals surface area contributed by atoms with Crippen molar-refractivity contribution >= 4 is 38.4 Å². The van der Waals surface area contributed by atoms with Crippen LogP contribution in [0.2, 0.25) is 0 Å². The molecule has 0 radical (unpaired) electrons. The fourth-order valence-electron chi connectivity index (χ4n) is 3.34. The molecule has 1 aliphatic rings. The van der Waals surface area contributed by atoms with Crippen LogP contribution in [0.5, 0.6) is 0 Å². The van der Waals surface area contributed by atoms with Crippen LogP contribution in [0.15, 0.2) is 42.5 Å². The number of halogens is 2. The molecule has 0 spiro atoms. The molecule has 1 fully saturated rings. The van der Waals surface area contributed by atoms with Gasteiger partial charge in [-0.25, -0.2) is 18.6 Å². The van der Waals surface area contributed by atoms with Crippen LogP contribution in [0.1, 0.15) is 12.8 Å². The number of thiazole rings is 1. The second kappa shape index (κ2) is 8.10. The Balaban J connectivity index is 1.27. The van der Waals surface area contributed by atoms with Gasteiger partial charge in [0.2, 0.25) is 0 Å². The van der Waals surface area contributed by atoms with Crippen molar-refractivity contribution in [1.82, 2.24) is 10.3 Å². The Kier molecular flexibility index (Phi) is 5.38. The first-order valence-corrected chi connectivity index (χ1v) is 10.0. The number of urea groups is 1. The number of para-hydroxylation sites is 2. The average molecular weight is 402 g/mol. The molecule has 0 atom stereocenters. The number of anilines is 2. The molecule has 3 aromatic rings. The van der Waals surface area contributed by atoms with E-state index in [1.165, 1.54) is 10.8 Å². The van der Waals surface area contributed by atoms with E-state index in [0.717, 1.165) is 48.7 Å². The Morgan fingerprint density at radius 2 is 1.82 bits per heavy atom. The normalized spacial score (nSPS) is 15.0. The maximum absolute atomic E-state index is 13.6. The summed E-state index contributed by atoms with van der Waals surface area (Å²) in [4.78, 5) is 18.9. The monoisotopic (exact) mass is 402 g/mol. The van der Waals surface area contributed by atoms with E-state index in [1.807, 2.05) is 18.2 Å². The molecule has 0 unspecified atom stereocenters. The van der Waals surface area contributed by atoms with Gasteiger partial charge in [0.05, 0.1) is 10.2 Å². The van der Waals surface area contributed by atoms with Crippen molar-refractivity contribution in [3.63, 3.8) is 0 Å². The predicted octanol–water partition coefficient (Wildman–Crippen LogP) is 4.61. The van der Waals surface area contributed by atoms with Crippen molar-refractivity contribution in [2.75, 3.05) is 29.9 Å². The number of nitrogens with zero attached hydrogens (tertiary/aromatic N) is 2. The van der Waals surface area contributed by atoms with Crippen molar-refractivity contribution < 1.29 is 13.6 Å². The lowest BCUT2D eigenvalue weighted by atomic mass is 9.97. The maximum Gasteiger partial charge on any atom is 0.319 e. The van der Waals surface area contributed by atoms with Crippen molar-refractivity contribution in [2.45, 2.75) is 12.8 Å². The lowest BCUT2D eigenvalue weighted by Gasteiger charge is -2.31. The minimum Gasteiger partial charge on any atom is -0.348 e. The largest absolute Gasteiger partial charge is 0.348 e. The van der Waals surface area contributed by atoms with Crippen molar-refractivity contribution in [3.8, 4) is 0 Å².